The highest BCUT2D eigenvalue weighted by molar-refractivity contribution is 6.27. The lowest BCUT2D eigenvalue weighted by atomic mass is 10.0. The summed E-state index contributed by atoms with van der Waals surface area (Å²) in [6.07, 6.45) is 0. The number of fused-ring (bicyclic) bond motifs is 1. The molecule has 90 valence electrons. The lowest BCUT2D eigenvalue weighted by Gasteiger charge is -2.07. The molecule has 0 N–H and O–H groups in total. The average Bonchev–Trinajstić information content (AvgIpc) is 2.84. The molecule has 2 aromatic carbocycles. The SMILES string of the molecule is COc1ccc(-c2noc(Cl)n2)c2ccccc12. The number of hydrogen-bond donors (Lipinski definition) is 0. The number of nitrogens with zero attached hydrogens (tertiary/aromatic N) is 2. The normalized spacial score (nSPS) is 10.8. The number of benzene rings is 2. The van der Waals surface area contributed by atoms with E-state index >= 15 is 0 Å². The molecule has 0 aliphatic heterocycles. The van der Waals surface area contributed by atoms with Crippen LogP contribution in [0.25, 0.3) is 22.2 Å². The summed E-state index contributed by atoms with van der Waals surface area (Å²) in [6, 6.07) is 11.6. The number of rotatable bonds is 2. The van der Waals surface area contributed by atoms with E-state index in [2.05, 4.69) is 10.1 Å². The number of halogens is 1. The van der Waals surface area contributed by atoms with Crippen LogP contribution in [0.5, 0.6) is 5.75 Å². The van der Waals surface area contributed by atoms with Gasteiger partial charge in [0.15, 0.2) is 0 Å². The first-order valence-electron chi connectivity index (χ1n) is 5.35. The van der Waals surface area contributed by atoms with Crippen molar-refractivity contribution < 1.29 is 9.26 Å². The third-order valence-corrected chi connectivity index (χ3v) is 2.90. The van der Waals surface area contributed by atoms with Crippen molar-refractivity contribution >= 4 is 22.4 Å². The lowest BCUT2D eigenvalue weighted by molar-refractivity contribution is 0.419. The van der Waals surface area contributed by atoms with E-state index in [4.69, 9.17) is 20.9 Å². The Morgan fingerprint density at radius 3 is 2.56 bits per heavy atom. The van der Waals surface area contributed by atoms with Crippen molar-refractivity contribution in [2.75, 3.05) is 7.11 Å². The van der Waals surface area contributed by atoms with Crippen molar-refractivity contribution in [1.29, 1.82) is 0 Å². The fourth-order valence-corrected chi connectivity index (χ4v) is 2.07. The third-order valence-electron chi connectivity index (χ3n) is 2.75. The van der Waals surface area contributed by atoms with Crippen molar-refractivity contribution in [3.63, 3.8) is 0 Å². The van der Waals surface area contributed by atoms with Crippen molar-refractivity contribution in [2.24, 2.45) is 0 Å². The molecule has 1 heterocycles. The van der Waals surface area contributed by atoms with Crippen LogP contribution >= 0.6 is 11.6 Å². The molecule has 0 saturated carbocycles. The second-order valence-electron chi connectivity index (χ2n) is 3.73. The quantitative estimate of drug-likeness (QED) is 0.707. The zero-order valence-corrected chi connectivity index (χ0v) is 10.3. The summed E-state index contributed by atoms with van der Waals surface area (Å²) in [5, 5.41) is 5.86. The highest BCUT2D eigenvalue weighted by atomic mass is 35.5. The third kappa shape index (κ3) is 1.71. The van der Waals surface area contributed by atoms with E-state index in [1.54, 1.807) is 7.11 Å². The molecule has 0 spiro atoms. The second-order valence-corrected chi connectivity index (χ2v) is 4.06. The van der Waals surface area contributed by atoms with Gasteiger partial charge in [0.2, 0.25) is 5.82 Å². The van der Waals surface area contributed by atoms with Crippen molar-refractivity contribution in [3.05, 3.63) is 41.7 Å². The lowest BCUT2D eigenvalue weighted by Crippen LogP contribution is -1.88. The highest BCUT2D eigenvalue weighted by Crippen LogP contribution is 2.33. The van der Waals surface area contributed by atoms with Crippen LogP contribution in [0.1, 0.15) is 0 Å². The second kappa shape index (κ2) is 4.31. The van der Waals surface area contributed by atoms with E-state index in [9.17, 15) is 0 Å². The number of methoxy groups -OCH3 is 1. The molecular formula is C13H9ClN2O2. The van der Waals surface area contributed by atoms with Gasteiger partial charge in [-0.3, -0.25) is 0 Å². The Labute approximate surface area is 108 Å². The molecule has 0 aliphatic carbocycles. The molecule has 3 rings (SSSR count). The summed E-state index contributed by atoms with van der Waals surface area (Å²) < 4.78 is 10.1. The highest BCUT2D eigenvalue weighted by Gasteiger charge is 2.12. The van der Waals surface area contributed by atoms with E-state index in [1.165, 1.54) is 0 Å². The standard InChI is InChI=1S/C13H9ClN2O2/c1-17-11-7-6-10(12-15-13(14)18-16-12)8-4-2-3-5-9(8)11/h2-7H,1H3. The van der Waals surface area contributed by atoms with Crippen LogP contribution in [0.4, 0.5) is 0 Å². The number of ether oxygens (including phenoxy) is 1. The minimum absolute atomic E-state index is 0.0323. The topological polar surface area (TPSA) is 48.2 Å². The fraction of sp³-hybridized carbons (Fsp3) is 0.0769. The van der Waals surface area contributed by atoms with E-state index < -0.39 is 0 Å². The molecule has 4 nitrogen and oxygen atoms in total. The van der Waals surface area contributed by atoms with E-state index in [-0.39, 0.29) is 5.35 Å². The molecule has 0 saturated heterocycles. The Morgan fingerprint density at radius 2 is 1.89 bits per heavy atom. The zero-order valence-electron chi connectivity index (χ0n) is 9.55. The predicted octanol–water partition coefficient (Wildman–Crippen LogP) is 3.55. The molecule has 1 aromatic heterocycles. The van der Waals surface area contributed by atoms with Crippen LogP contribution < -0.4 is 4.74 Å². The Hall–Kier alpha value is -2.07. The monoisotopic (exact) mass is 260 g/mol. The summed E-state index contributed by atoms with van der Waals surface area (Å²) >= 11 is 5.66. The molecular weight excluding hydrogens is 252 g/mol. The van der Waals surface area contributed by atoms with Crippen LogP contribution in [-0.4, -0.2) is 17.3 Å². The van der Waals surface area contributed by atoms with Gasteiger partial charge in [0, 0.05) is 10.9 Å². The average molecular weight is 261 g/mol. The van der Waals surface area contributed by atoms with Gasteiger partial charge in [-0.25, -0.2) is 0 Å². The maximum absolute atomic E-state index is 5.66. The van der Waals surface area contributed by atoms with Crippen LogP contribution in [0, 0.1) is 0 Å². The first kappa shape index (κ1) is 11.0. The van der Waals surface area contributed by atoms with Gasteiger partial charge in [-0.15, -0.1) is 0 Å². The van der Waals surface area contributed by atoms with Gasteiger partial charge >= 0.3 is 5.35 Å². The van der Waals surface area contributed by atoms with Crippen molar-refractivity contribution in [2.45, 2.75) is 0 Å². The molecule has 0 amide bonds. The first-order valence-corrected chi connectivity index (χ1v) is 5.72. The van der Waals surface area contributed by atoms with E-state index in [1.807, 2.05) is 36.4 Å². The van der Waals surface area contributed by atoms with Gasteiger partial charge in [0.1, 0.15) is 5.75 Å². The summed E-state index contributed by atoms with van der Waals surface area (Å²) in [5.74, 6) is 1.28. The molecule has 0 atom stereocenters. The molecule has 5 heteroatoms. The molecule has 0 bridgehead atoms. The van der Waals surface area contributed by atoms with Gasteiger partial charge in [-0.1, -0.05) is 29.4 Å². The van der Waals surface area contributed by atoms with Crippen LogP contribution in [-0.2, 0) is 0 Å². The maximum Gasteiger partial charge on any atom is 0.320 e. The van der Waals surface area contributed by atoms with Gasteiger partial charge in [0.25, 0.3) is 0 Å². The number of aromatic nitrogens is 2. The van der Waals surface area contributed by atoms with E-state index in [0.717, 1.165) is 22.1 Å². The largest absolute Gasteiger partial charge is 0.496 e. The first-order chi connectivity index (χ1) is 8.79. The van der Waals surface area contributed by atoms with Crippen LogP contribution in [0.3, 0.4) is 0 Å². The predicted molar refractivity (Wildman–Crippen MR) is 68.8 cm³/mol. The molecule has 0 unspecified atom stereocenters. The van der Waals surface area contributed by atoms with Gasteiger partial charge < -0.3 is 9.26 Å². The minimum Gasteiger partial charge on any atom is -0.496 e. The van der Waals surface area contributed by atoms with Gasteiger partial charge in [-0.2, -0.15) is 4.98 Å². The smallest absolute Gasteiger partial charge is 0.320 e. The maximum atomic E-state index is 5.66. The van der Waals surface area contributed by atoms with Crippen LogP contribution in [0.15, 0.2) is 40.9 Å². The zero-order chi connectivity index (χ0) is 12.5. The summed E-state index contributed by atoms with van der Waals surface area (Å²) in [5.41, 5.74) is 0.863. The molecule has 3 aromatic rings. The van der Waals surface area contributed by atoms with Crippen molar-refractivity contribution in [1.82, 2.24) is 10.1 Å². The Bertz CT molecular complexity index is 709. The minimum atomic E-state index is 0.0323. The molecule has 0 radical (unpaired) electrons. The van der Waals surface area contributed by atoms with Gasteiger partial charge in [-0.05, 0) is 29.1 Å². The summed E-state index contributed by atoms with van der Waals surface area (Å²) in [6.45, 7) is 0. The van der Waals surface area contributed by atoms with Crippen molar-refractivity contribution in [3.8, 4) is 17.1 Å². The molecule has 18 heavy (non-hydrogen) atoms. The number of hydrogen-bond acceptors (Lipinski definition) is 4. The van der Waals surface area contributed by atoms with E-state index in [0.29, 0.717) is 5.82 Å². The van der Waals surface area contributed by atoms with Gasteiger partial charge in [0.05, 0.1) is 7.11 Å². The Balaban J connectivity index is 2.31. The Kier molecular flexibility index (Phi) is 2.64. The fourth-order valence-electron chi connectivity index (χ4n) is 1.96. The Morgan fingerprint density at radius 1 is 1.11 bits per heavy atom. The summed E-state index contributed by atoms with van der Waals surface area (Å²) in [7, 11) is 1.65. The molecule has 0 fully saturated rings. The summed E-state index contributed by atoms with van der Waals surface area (Å²) in [4.78, 5) is 4.03. The van der Waals surface area contributed by atoms with Crippen LogP contribution in [0.2, 0.25) is 5.35 Å². The molecule has 0 aliphatic rings.